The van der Waals surface area contributed by atoms with Crippen molar-refractivity contribution in [1.82, 2.24) is 4.57 Å². The number of hydrogen-bond acceptors (Lipinski definition) is 7. The molecule has 0 aliphatic carbocycles. The summed E-state index contributed by atoms with van der Waals surface area (Å²) in [4.78, 5) is 42.0. The van der Waals surface area contributed by atoms with Crippen LogP contribution in [0.25, 0.3) is 21.8 Å². The summed E-state index contributed by atoms with van der Waals surface area (Å²) in [6, 6.07) is 23.0. The zero-order valence-electron chi connectivity index (χ0n) is 21.8. The van der Waals surface area contributed by atoms with Gasteiger partial charge in [0, 0.05) is 52.3 Å². The topological polar surface area (TPSA) is 87.0 Å². The van der Waals surface area contributed by atoms with E-state index in [1.165, 1.54) is 25.2 Å². The van der Waals surface area contributed by atoms with Crippen LogP contribution in [0, 0.1) is 6.92 Å². The third-order valence-electron chi connectivity index (χ3n) is 6.43. The van der Waals surface area contributed by atoms with Crippen LogP contribution in [-0.4, -0.2) is 34.6 Å². The molecule has 0 amide bonds. The molecule has 0 spiro atoms. The van der Waals surface area contributed by atoms with E-state index in [0.29, 0.717) is 22.7 Å². The van der Waals surface area contributed by atoms with E-state index in [1.54, 1.807) is 0 Å². The van der Waals surface area contributed by atoms with Crippen molar-refractivity contribution in [2.24, 2.45) is 5.16 Å². The Balaban J connectivity index is 1.70. The maximum absolute atomic E-state index is 13.2. The quantitative estimate of drug-likeness (QED) is 0.0764. The second-order valence-corrected chi connectivity index (χ2v) is 10.0. The fourth-order valence-corrected chi connectivity index (χ4v) is 5.36. The lowest BCUT2D eigenvalue weighted by Gasteiger charge is -2.11. The number of nitrogens with zero attached hydrogens (tertiary/aromatic N) is 2. The van der Waals surface area contributed by atoms with Crippen molar-refractivity contribution in [3.8, 4) is 0 Å². The molecule has 0 atom stereocenters. The zero-order chi connectivity index (χ0) is 27.5. The number of fused-ring (bicyclic) bond motifs is 3. The molecule has 0 unspecified atom stereocenters. The molecule has 5 aromatic rings. The second-order valence-electron chi connectivity index (χ2n) is 9.10. The number of hydrogen-bond donors (Lipinski definition) is 0. The smallest absolute Gasteiger partial charge is 0.332 e. The fraction of sp³-hybridized carbons (Fsp3) is 0.161. The monoisotopic (exact) mass is 538 g/mol. The van der Waals surface area contributed by atoms with E-state index in [9.17, 15) is 14.4 Å². The van der Waals surface area contributed by atoms with Crippen LogP contribution in [0.2, 0.25) is 0 Å². The lowest BCUT2D eigenvalue weighted by atomic mass is 9.97. The molecule has 0 aliphatic rings. The third kappa shape index (κ3) is 5.37. The summed E-state index contributed by atoms with van der Waals surface area (Å²) in [6.07, 6.45) is 0. The molecule has 0 bridgehead atoms. The maximum atomic E-state index is 13.2. The van der Waals surface area contributed by atoms with Gasteiger partial charge < -0.3 is 14.1 Å². The highest BCUT2D eigenvalue weighted by Crippen LogP contribution is 2.32. The van der Waals surface area contributed by atoms with Gasteiger partial charge in [0.05, 0.1) is 11.4 Å². The first kappa shape index (κ1) is 26.1. The molecule has 2 aromatic heterocycles. The average Bonchev–Trinajstić information content (AvgIpc) is 3.56. The van der Waals surface area contributed by atoms with E-state index in [2.05, 4.69) is 9.72 Å². The Labute approximate surface area is 229 Å². The van der Waals surface area contributed by atoms with Crippen LogP contribution in [0.1, 0.15) is 45.8 Å². The van der Waals surface area contributed by atoms with Gasteiger partial charge in [-0.3, -0.25) is 9.59 Å². The maximum Gasteiger partial charge on any atom is 0.332 e. The number of esters is 1. The average molecular weight is 539 g/mol. The summed E-state index contributed by atoms with van der Waals surface area (Å²) in [5.41, 5.74) is 5.51. The number of oxime groups is 1. The molecule has 0 saturated carbocycles. The SMILES string of the molecule is CC(=O)OCCn1c2ccc(C(=O)c3cccs3)cc2c2cc(/C(=N/OC(C)=O)c3ccccc3C)ccc21. The van der Waals surface area contributed by atoms with E-state index in [-0.39, 0.29) is 18.4 Å². The van der Waals surface area contributed by atoms with Crippen molar-refractivity contribution < 1.29 is 24.0 Å². The minimum Gasteiger partial charge on any atom is -0.464 e. The van der Waals surface area contributed by atoms with E-state index in [4.69, 9.17) is 9.57 Å². The molecule has 39 heavy (non-hydrogen) atoms. The van der Waals surface area contributed by atoms with Gasteiger partial charge in [-0.2, -0.15) is 0 Å². The first-order chi connectivity index (χ1) is 18.8. The van der Waals surface area contributed by atoms with E-state index < -0.39 is 5.97 Å². The minimum atomic E-state index is -0.513. The number of aryl methyl sites for hydroxylation is 1. The van der Waals surface area contributed by atoms with Gasteiger partial charge in [-0.15, -0.1) is 11.3 Å². The van der Waals surface area contributed by atoms with Gasteiger partial charge in [-0.1, -0.05) is 41.6 Å². The number of thiophene rings is 1. The van der Waals surface area contributed by atoms with Crippen molar-refractivity contribution in [1.29, 1.82) is 0 Å². The summed E-state index contributed by atoms with van der Waals surface area (Å²) in [5, 5.41) is 7.88. The number of rotatable bonds is 8. The Hall–Kier alpha value is -4.56. The van der Waals surface area contributed by atoms with Crippen LogP contribution in [0.5, 0.6) is 0 Å². The molecule has 0 N–H and O–H groups in total. The van der Waals surface area contributed by atoms with Crippen LogP contribution in [0.4, 0.5) is 0 Å². The van der Waals surface area contributed by atoms with Gasteiger partial charge in [0.25, 0.3) is 0 Å². The van der Waals surface area contributed by atoms with Crippen molar-refractivity contribution in [3.63, 3.8) is 0 Å². The summed E-state index contributed by atoms with van der Waals surface area (Å²) in [6.45, 7) is 5.33. The lowest BCUT2D eigenvalue weighted by Crippen LogP contribution is -2.09. The highest BCUT2D eigenvalue weighted by Gasteiger charge is 2.18. The van der Waals surface area contributed by atoms with Crippen LogP contribution < -0.4 is 0 Å². The van der Waals surface area contributed by atoms with E-state index in [1.807, 2.05) is 85.1 Å². The van der Waals surface area contributed by atoms with E-state index >= 15 is 0 Å². The zero-order valence-corrected chi connectivity index (χ0v) is 22.6. The molecule has 0 aliphatic heterocycles. The lowest BCUT2D eigenvalue weighted by molar-refractivity contribution is -0.142. The first-order valence-electron chi connectivity index (χ1n) is 12.4. The van der Waals surface area contributed by atoms with Crippen LogP contribution in [-0.2, 0) is 25.7 Å². The molecule has 0 saturated heterocycles. The molecule has 0 radical (unpaired) electrons. The number of ether oxygens (including phenoxy) is 1. The molecule has 8 heteroatoms. The molecular formula is C31H26N2O5S. The number of carbonyl (C=O) groups is 3. The predicted octanol–water partition coefficient (Wildman–Crippen LogP) is 6.27. The number of ketones is 1. The fourth-order valence-electron chi connectivity index (χ4n) is 4.67. The Morgan fingerprint density at radius 1 is 0.846 bits per heavy atom. The summed E-state index contributed by atoms with van der Waals surface area (Å²) < 4.78 is 7.31. The summed E-state index contributed by atoms with van der Waals surface area (Å²) in [5.74, 6) is -0.895. The van der Waals surface area contributed by atoms with Gasteiger partial charge >= 0.3 is 11.9 Å². The predicted molar refractivity (Wildman–Crippen MR) is 152 cm³/mol. The Morgan fingerprint density at radius 3 is 2.18 bits per heavy atom. The highest BCUT2D eigenvalue weighted by atomic mass is 32.1. The molecule has 7 nitrogen and oxygen atoms in total. The molecule has 0 fully saturated rings. The number of benzene rings is 3. The Kier molecular flexibility index (Phi) is 7.38. The van der Waals surface area contributed by atoms with E-state index in [0.717, 1.165) is 38.5 Å². The van der Waals surface area contributed by atoms with Crippen molar-refractivity contribution >= 4 is 56.6 Å². The summed E-state index contributed by atoms with van der Waals surface area (Å²) in [7, 11) is 0. The van der Waals surface area contributed by atoms with Crippen LogP contribution in [0.3, 0.4) is 0 Å². The number of aromatic nitrogens is 1. The third-order valence-corrected chi connectivity index (χ3v) is 7.30. The highest BCUT2D eigenvalue weighted by molar-refractivity contribution is 7.12. The normalized spacial score (nSPS) is 11.6. The first-order valence-corrected chi connectivity index (χ1v) is 13.3. The minimum absolute atomic E-state index is 0.0408. The van der Waals surface area contributed by atoms with Crippen molar-refractivity contribution in [2.45, 2.75) is 27.3 Å². The Morgan fingerprint density at radius 2 is 1.54 bits per heavy atom. The van der Waals surface area contributed by atoms with Gasteiger partial charge in [-0.05, 0) is 54.3 Å². The molecule has 3 aromatic carbocycles. The Bertz CT molecular complexity index is 1750. The molecular weight excluding hydrogens is 512 g/mol. The van der Waals surface area contributed by atoms with Gasteiger partial charge in [-0.25, -0.2) is 4.79 Å². The van der Waals surface area contributed by atoms with Crippen molar-refractivity contribution in [3.05, 3.63) is 105 Å². The van der Waals surface area contributed by atoms with Gasteiger partial charge in [0.1, 0.15) is 12.3 Å². The second kappa shape index (κ2) is 11.0. The van der Waals surface area contributed by atoms with Crippen LogP contribution in [0.15, 0.2) is 83.3 Å². The van der Waals surface area contributed by atoms with Crippen LogP contribution >= 0.6 is 11.3 Å². The molecule has 196 valence electrons. The molecule has 2 heterocycles. The van der Waals surface area contributed by atoms with Crippen molar-refractivity contribution in [2.75, 3.05) is 6.61 Å². The largest absolute Gasteiger partial charge is 0.464 e. The standard InChI is InChI=1S/C31H26N2O5S/c1-19-7-4-5-8-24(19)30(32-38-21(3)35)22-10-12-27-25(17-22)26-18-23(31(36)29-9-6-16-39-29)11-13-28(26)33(27)14-15-37-20(2)34/h4-13,16-18H,14-15H2,1-3H3/b32-30-. The molecule has 5 rings (SSSR count). The van der Waals surface area contributed by atoms with Gasteiger partial charge in [0.2, 0.25) is 5.78 Å². The summed E-state index contributed by atoms with van der Waals surface area (Å²) >= 11 is 1.41. The number of carbonyl (C=O) groups excluding carboxylic acids is 3. The van der Waals surface area contributed by atoms with Gasteiger partial charge in [0.15, 0.2) is 0 Å².